The quantitative estimate of drug-likeness (QED) is 0.444. The lowest BCUT2D eigenvalue weighted by atomic mass is 10.2. The third kappa shape index (κ3) is 5.68. The summed E-state index contributed by atoms with van der Waals surface area (Å²) in [5.74, 6) is -0.0325. The van der Waals surface area contributed by atoms with Crippen molar-refractivity contribution in [2.45, 2.75) is 11.3 Å². The number of nitro benzene ring substituents is 1. The molecule has 0 aliphatic carbocycles. The number of nitrogens with one attached hydrogen (secondary N) is 1. The molecule has 0 aromatic heterocycles. The highest BCUT2D eigenvalue weighted by atomic mass is 32.2. The molecular formula is C11H16N2O6S2. The topological polar surface area (TPSA) is 123 Å². The molecule has 0 heterocycles. The Hall–Kier alpha value is -1.68. The number of nitro groups is 1. The van der Waals surface area contributed by atoms with E-state index in [1.54, 1.807) is 0 Å². The molecule has 0 aliphatic rings. The fraction of sp³-hybridized carbons (Fsp3) is 0.455. The van der Waals surface area contributed by atoms with Crippen LogP contribution in [0.5, 0.6) is 0 Å². The summed E-state index contributed by atoms with van der Waals surface area (Å²) in [6.07, 6.45) is 2.37. The molecule has 1 aromatic rings. The van der Waals surface area contributed by atoms with Crippen LogP contribution in [0.1, 0.15) is 6.42 Å². The summed E-state index contributed by atoms with van der Waals surface area (Å²) in [4.78, 5) is 10.1. The summed E-state index contributed by atoms with van der Waals surface area (Å²) in [5, 5.41) is 13.7. The Morgan fingerprint density at radius 2 is 1.81 bits per heavy atom. The van der Waals surface area contributed by atoms with Crippen molar-refractivity contribution >= 4 is 31.0 Å². The lowest BCUT2D eigenvalue weighted by Gasteiger charge is -2.08. The van der Waals surface area contributed by atoms with Gasteiger partial charge in [-0.3, -0.25) is 10.1 Å². The molecule has 0 aliphatic heterocycles. The molecule has 1 aromatic carbocycles. The summed E-state index contributed by atoms with van der Waals surface area (Å²) >= 11 is 0. The molecule has 21 heavy (non-hydrogen) atoms. The van der Waals surface area contributed by atoms with Crippen LogP contribution >= 0.6 is 0 Å². The Kier molecular flexibility index (Phi) is 5.29. The third-order valence-electron chi connectivity index (χ3n) is 2.60. The van der Waals surface area contributed by atoms with Crippen molar-refractivity contribution in [3.05, 3.63) is 28.3 Å². The molecule has 1 rings (SSSR count). The van der Waals surface area contributed by atoms with E-state index in [1.807, 2.05) is 0 Å². The summed E-state index contributed by atoms with van der Waals surface area (Å²) in [6, 6.07) is 3.55. The zero-order valence-corrected chi connectivity index (χ0v) is 13.2. The molecule has 8 nitrogen and oxygen atoms in total. The van der Waals surface area contributed by atoms with Crippen molar-refractivity contribution in [3.63, 3.8) is 0 Å². The van der Waals surface area contributed by atoms with E-state index in [2.05, 4.69) is 5.32 Å². The third-order valence-corrected chi connectivity index (χ3v) is 4.74. The predicted molar refractivity (Wildman–Crippen MR) is 79.0 cm³/mol. The number of hydrogen-bond donors (Lipinski definition) is 1. The monoisotopic (exact) mass is 336 g/mol. The van der Waals surface area contributed by atoms with Crippen molar-refractivity contribution < 1.29 is 21.8 Å². The van der Waals surface area contributed by atoms with Gasteiger partial charge in [0.05, 0.1) is 15.6 Å². The van der Waals surface area contributed by atoms with E-state index in [1.165, 1.54) is 12.1 Å². The minimum Gasteiger partial charge on any atom is -0.379 e. The molecule has 118 valence electrons. The molecule has 0 unspecified atom stereocenters. The maximum Gasteiger partial charge on any atom is 0.293 e. The molecule has 0 amide bonds. The summed E-state index contributed by atoms with van der Waals surface area (Å²) in [7, 11) is -6.62. The average Bonchev–Trinajstić information content (AvgIpc) is 2.32. The van der Waals surface area contributed by atoms with Gasteiger partial charge in [0.1, 0.15) is 15.5 Å². The van der Waals surface area contributed by atoms with Crippen LogP contribution in [0.2, 0.25) is 0 Å². The van der Waals surface area contributed by atoms with E-state index in [-0.39, 0.29) is 28.6 Å². The van der Waals surface area contributed by atoms with Crippen LogP contribution in [-0.2, 0) is 19.7 Å². The predicted octanol–water partition coefficient (Wildman–Crippen LogP) is 0.845. The average molecular weight is 336 g/mol. The van der Waals surface area contributed by atoms with Crippen molar-refractivity contribution in [2.24, 2.45) is 0 Å². The second-order valence-electron chi connectivity index (χ2n) is 4.62. The zero-order chi connectivity index (χ0) is 16.3. The van der Waals surface area contributed by atoms with Gasteiger partial charge < -0.3 is 5.32 Å². The molecule has 10 heteroatoms. The van der Waals surface area contributed by atoms with E-state index < -0.39 is 24.6 Å². The lowest BCUT2D eigenvalue weighted by molar-refractivity contribution is -0.384. The first-order valence-electron chi connectivity index (χ1n) is 5.91. The molecule has 0 saturated carbocycles. The molecule has 1 N–H and O–H groups in total. The van der Waals surface area contributed by atoms with E-state index >= 15 is 0 Å². The minimum absolute atomic E-state index is 0.0325. The zero-order valence-electron chi connectivity index (χ0n) is 11.6. The first-order chi connectivity index (χ1) is 9.50. The van der Waals surface area contributed by atoms with E-state index in [0.29, 0.717) is 6.42 Å². The molecular weight excluding hydrogens is 320 g/mol. The van der Waals surface area contributed by atoms with Crippen molar-refractivity contribution in [1.82, 2.24) is 0 Å². The van der Waals surface area contributed by atoms with Crippen LogP contribution in [0.4, 0.5) is 11.4 Å². The van der Waals surface area contributed by atoms with Crippen LogP contribution in [0.3, 0.4) is 0 Å². The smallest absolute Gasteiger partial charge is 0.293 e. The molecule has 0 atom stereocenters. The standard InChI is InChI=1S/C11H16N2O6S2/c1-20(16,17)7-3-6-12-10-5-4-9(21(2,18)19)8-11(10)13(14)15/h4-5,8,12H,3,6-7H2,1-2H3. The maximum atomic E-state index is 11.4. The molecule has 0 saturated heterocycles. The van der Waals surface area contributed by atoms with E-state index in [0.717, 1.165) is 18.6 Å². The van der Waals surface area contributed by atoms with Crippen molar-refractivity contribution in [1.29, 1.82) is 0 Å². The Bertz CT molecular complexity index is 740. The van der Waals surface area contributed by atoms with Gasteiger partial charge in [-0.2, -0.15) is 0 Å². The SMILES string of the molecule is CS(=O)(=O)CCCNc1ccc(S(C)(=O)=O)cc1[N+](=O)[O-]. The normalized spacial score (nSPS) is 12.1. The van der Waals surface area contributed by atoms with Gasteiger partial charge in [0, 0.05) is 25.1 Å². The van der Waals surface area contributed by atoms with E-state index in [9.17, 15) is 26.9 Å². The summed E-state index contributed by atoms with van der Waals surface area (Å²) in [6.45, 7) is 0.228. The van der Waals surface area contributed by atoms with E-state index in [4.69, 9.17) is 0 Å². The number of benzene rings is 1. The van der Waals surface area contributed by atoms with Crippen LogP contribution in [0.25, 0.3) is 0 Å². The van der Waals surface area contributed by atoms with Gasteiger partial charge in [-0.15, -0.1) is 0 Å². The first-order valence-corrected chi connectivity index (χ1v) is 9.86. The highest BCUT2D eigenvalue weighted by molar-refractivity contribution is 7.91. The minimum atomic E-state index is -3.53. The molecule has 0 bridgehead atoms. The van der Waals surface area contributed by atoms with Crippen LogP contribution in [0.15, 0.2) is 23.1 Å². The first kappa shape index (κ1) is 17.4. The Labute approximate surface area is 123 Å². The summed E-state index contributed by atoms with van der Waals surface area (Å²) in [5.41, 5.74) is -0.210. The van der Waals surface area contributed by atoms with Crippen LogP contribution in [0, 0.1) is 10.1 Å². The van der Waals surface area contributed by atoms with Gasteiger partial charge >= 0.3 is 0 Å². The van der Waals surface area contributed by atoms with Gasteiger partial charge in [-0.25, -0.2) is 16.8 Å². The number of anilines is 1. The highest BCUT2D eigenvalue weighted by Gasteiger charge is 2.18. The number of hydrogen-bond acceptors (Lipinski definition) is 7. The Morgan fingerprint density at radius 1 is 1.19 bits per heavy atom. The number of sulfone groups is 2. The van der Waals surface area contributed by atoms with Crippen molar-refractivity contribution in [2.75, 3.05) is 30.1 Å². The summed E-state index contributed by atoms with van der Waals surface area (Å²) < 4.78 is 44.7. The maximum absolute atomic E-state index is 11.4. The van der Waals surface area contributed by atoms with Crippen LogP contribution in [-0.4, -0.2) is 46.6 Å². The highest BCUT2D eigenvalue weighted by Crippen LogP contribution is 2.27. The van der Waals surface area contributed by atoms with Gasteiger partial charge in [0.2, 0.25) is 0 Å². The fourth-order valence-electron chi connectivity index (χ4n) is 1.60. The number of nitrogens with zero attached hydrogens (tertiary/aromatic N) is 1. The number of rotatable bonds is 7. The Balaban J connectivity index is 2.90. The Morgan fingerprint density at radius 3 is 2.29 bits per heavy atom. The molecule has 0 radical (unpaired) electrons. The van der Waals surface area contributed by atoms with Crippen molar-refractivity contribution in [3.8, 4) is 0 Å². The fourth-order valence-corrected chi connectivity index (χ4v) is 2.91. The second kappa shape index (κ2) is 6.39. The van der Waals surface area contributed by atoms with Crippen LogP contribution < -0.4 is 5.32 Å². The molecule has 0 fully saturated rings. The van der Waals surface area contributed by atoms with Gasteiger partial charge in [-0.05, 0) is 18.6 Å². The lowest BCUT2D eigenvalue weighted by Crippen LogP contribution is -2.11. The van der Waals surface area contributed by atoms with Gasteiger partial charge in [0.15, 0.2) is 9.84 Å². The second-order valence-corrected chi connectivity index (χ2v) is 8.89. The molecule has 0 spiro atoms. The van der Waals surface area contributed by atoms with Gasteiger partial charge in [0.25, 0.3) is 5.69 Å². The largest absolute Gasteiger partial charge is 0.379 e. The van der Waals surface area contributed by atoms with Gasteiger partial charge in [-0.1, -0.05) is 0 Å².